The number of hydrogen-bond donors (Lipinski definition) is 2. The molecule has 0 bridgehead atoms. The van der Waals surface area contributed by atoms with Crippen molar-refractivity contribution in [1.29, 1.82) is 0 Å². The van der Waals surface area contributed by atoms with Crippen LogP contribution in [0, 0.1) is 11.7 Å². The second-order valence-electron chi connectivity index (χ2n) is 14.6. The number of ether oxygens (including phenoxy) is 3. The van der Waals surface area contributed by atoms with Crippen molar-refractivity contribution in [3.8, 4) is 5.88 Å². The Morgan fingerprint density at radius 2 is 1.65 bits per heavy atom. The molecular weight excluding hydrogens is 659 g/mol. The second-order valence-corrected chi connectivity index (χ2v) is 14.6. The van der Waals surface area contributed by atoms with E-state index in [4.69, 9.17) is 19.2 Å². The van der Waals surface area contributed by atoms with Gasteiger partial charge in [0.25, 0.3) is 5.91 Å². The lowest BCUT2D eigenvalue weighted by Crippen LogP contribution is -2.65. The van der Waals surface area contributed by atoms with Crippen molar-refractivity contribution in [3.63, 3.8) is 0 Å². The third kappa shape index (κ3) is 8.62. The van der Waals surface area contributed by atoms with Gasteiger partial charge >= 0.3 is 6.09 Å². The number of carboxylic acid groups (broad SMARTS) is 1. The highest BCUT2D eigenvalue weighted by atomic mass is 19.1. The van der Waals surface area contributed by atoms with Crippen LogP contribution in [0.4, 0.5) is 14.9 Å². The quantitative estimate of drug-likeness (QED) is 0.399. The van der Waals surface area contributed by atoms with Crippen molar-refractivity contribution in [3.05, 3.63) is 53.0 Å². The van der Waals surface area contributed by atoms with Gasteiger partial charge in [0.1, 0.15) is 23.8 Å². The molecule has 3 fully saturated rings. The summed E-state index contributed by atoms with van der Waals surface area (Å²) in [6.45, 7) is 12.6. The Hall–Kier alpha value is -3.85. The van der Waals surface area contributed by atoms with Crippen LogP contribution in [0.5, 0.6) is 5.88 Å². The molecule has 2 N–H and O–H groups in total. The monoisotopic (exact) mass is 710 g/mol. The summed E-state index contributed by atoms with van der Waals surface area (Å²) < 4.78 is 31.1. The SMILES string of the molecule is C[C@@H]1CN(CC(=O)N2c3cc(Cc4ccc(F)cc4)c(C(=O)NCC4CCOCC4)nc3OC[C@@H]2C)[C@@H](CN2[C@H](C)COC[C@H]2C)CN1C(=O)O. The Morgan fingerprint density at radius 1 is 0.941 bits per heavy atom. The van der Waals surface area contributed by atoms with Gasteiger partial charge in [0.15, 0.2) is 0 Å². The van der Waals surface area contributed by atoms with Crippen LogP contribution in [0.2, 0.25) is 0 Å². The number of hydrogen-bond acceptors (Lipinski definition) is 9. The third-order valence-electron chi connectivity index (χ3n) is 10.7. The minimum Gasteiger partial charge on any atom is -0.474 e. The van der Waals surface area contributed by atoms with E-state index >= 15 is 0 Å². The fraction of sp³-hybridized carbons (Fsp3) is 0.622. The maximum absolute atomic E-state index is 14.4. The lowest BCUT2D eigenvalue weighted by molar-refractivity contribution is -0.122. The summed E-state index contributed by atoms with van der Waals surface area (Å²) in [7, 11) is 0. The van der Waals surface area contributed by atoms with E-state index in [0.717, 1.165) is 18.4 Å². The molecule has 0 saturated carbocycles. The Balaban J connectivity index is 1.27. The molecule has 14 heteroatoms. The molecule has 0 aliphatic carbocycles. The molecule has 0 unspecified atom stereocenters. The average molecular weight is 711 g/mol. The number of piperazine rings is 1. The fourth-order valence-electron chi connectivity index (χ4n) is 7.75. The zero-order valence-corrected chi connectivity index (χ0v) is 30.1. The normalized spacial score (nSPS) is 26.3. The van der Waals surface area contributed by atoms with E-state index in [0.29, 0.717) is 69.7 Å². The van der Waals surface area contributed by atoms with E-state index in [-0.39, 0.29) is 79.1 Å². The van der Waals surface area contributed by atoms with Gasteiger partial charge in [-0.05, 0) is 82.2 Å². The van der Waals surface area contributed by atoms with E-state index in [9.17, 15) is 23.9 Å². The third-order valence-corrected chi connectivity index (χ3v) is 10.7. The maximum Gasteiger partial charge on any atom is 0.407 e. The van der Waals surface area contributed by atoms with Crippen molar-refractivity contribution >= 4 is 23.6 Å². The Kier molecular flexibility index (Phi) is 11.7. The van der Waals surface area contributed by atoms with Gasteiger partial charge in [-0.3, -0.25) is 19.4 Å². The van der Waals surface area contributed by atoms with Gasteiger partial charge in [-0.1, -0.05) is 12.1 Å². The molecule has 6 rings (SSSR count). The molecule has 4 aliphatic heterocycles. The van der Waals surface area contributed by atoms with Crippen molar-refractivity contribution < 1.29 is 38.1 Å². The zero-order valence-electron chi connectivity index (χ0n) is 30.1. The highest BCUT2D eigenvalue weighted by molar-refractivity contribution is 5.99. The van der Waals surface area contributed by atoms with Gasteiger partial charge in [0.2, 0.25) is 11.8 Å². The second kappa shape index (κ2) is 16.2. The number of carbonyl (C=O) groups excluding carboxylic acids is 2. The van der Waals surface area contributed by atoms with Crippen LogP contribution in [0.1, 0.15) is 62.2 Å². The molecule has 0 radical (unpaired) electrons. The number of morpholine rings is 1. The van der Waals surface area contributed by atoms with E-state index in [1.807, 2.05) is 19.9 Å². The van der Waals surface area contributed by atoms with Crippen LogP contribution < -0.4 is 15.0 Å². The summed E-state index contributed by atoms with van der Waals surface area (Å²) in [4.78, 5) is 52.6. The number of pyridine rings is 1. The summed E-state index contributed by atoms with van der Waals surface area (Å²) in [6.07, 6.45) is 1.07. The molecular formula is C37H51FN6O7. The zero-order chi connectivity index (χ0) is 36.2. The van der Waals surface area contributed by atoms with Crippen molar-refractivity contribution in [1.82, 2.24) is 25.0 Å². The first-order chi connectivity index (χ1) is 24.5. The minimum atomic E-state index is -0.968. The first-order valence-corrected chi connectivity index (χ1v) is 18.1. The summed E-state index contributed by atoms with van der Waals surface area (Å²) >= 11 is 0. The van der Waals surface area contributed by atoms with Crippen LogP contribution in [-0.4, -0.2) is 139 Å². The van der Waals surface area contributed by atoms with E-state index in [2.05, 4.69) is 29.0 Å². The van der Waals surface area contributed by atoms with Gasteiger partial charge in [-0.15, -0.1) is 0 Å². The lowest BCUT2D eigenvalue weighted by Gasteiger charge is -2.48. The van der Waals surface area contributed by atoms with Gasteiger partial charge in [-0.2, -0.15) is 0 Å². The molecule has 1 aromatic heterocycles. The first-order valence-electron chi connectivity index (χ1n) is 18.1. The number of rotatable bonds is 9. The number of benzene rings is 1. The highest BCUT2D eigenvalue weighted by Crippen LogP contribution is 2.36. The number of aromatic nitrogens is 1. The average Bonchev–Trinajstić information content (AvgIpc) is 3.10. The Morgan fingerprint density at radius 3 is 2.33 bits per heavy atom. The molecule has 13 nitrogen and oxygen atoms in total. The molecule has 5 heterocycles. The molecule has 3 saturated heterocycles. The fourth-order valence-corrected chi connectivity index (χ4v) is 7.75. The minimum absolute atomic E-state index is 0.0694. The highest BCUT2D eigenvalue weighted by Gasteiger charge is 2.40. The molecule has 5 atom stereocenters. The largest absolute Gasteiger partial charge is 0.474 e. The number of fused-ring (bicyclic) bond motifs is 1. The lowest BCUT2D eigenvalue weighted by atomic mass is 9.99. The summed E-state index contributed by atoms with van der Waals surface area (Å²) in [6, 6.07) is 7.40. The predicted molar refractivity (Wildman–Crippen MR) is 188 cm³/mol. The summed E-state index contributed by atoms with van der Waals surface area (Å²) in [5.74, 6) is -0.338. The molecule has 3 amide bonds. The van der Waals surface area contributed by atoms with E-state index in [1.54, 1.807) is 17.0 Å². The number of nitrogens with one attached hydrogen (secondary N) is 1. The van der Waals surface area contributed by atoms with Gasteiger partial charge in [0.05, 0.1) is 25.8 Å². The van der Waals surface area contributed by atoms with Crippen LogP contribution in [0.25, 0.3) is 0 Å². The van der Waals surface area contributed by atoms with Crippen LogP contribution in [0.3, 0.4) is 0 Å². The molecule has 1 aromatic carbocycles. The number of anilines is 1. The van der Waals surface area contributed by atoms with Crippen molar-refractivity contribution in [2.45, 2.75) is 77.2 Å². The molecule has 278 valence electrons. The number of halogens is 1. The Bertz CT molecular complexity index is 1550. The van der Waals surface area contributed by atoms with Gasteiger partial charge < -0.3 is 34.4 Å². The number of carbonyl (C=O) groups is 3. The molecule has 51 heavy (non-hydrogen) atoms. The van der Waals surface area contributed by atoms with Crippen LogP contribution in [-0.2, 0) is 20.7 Å². The van der Waals surface area contributed by atoms with Crippen LogP contribution in [0.15, 0.2) is 30.3 Å². The maximum atomic E-state index is 14.4. The van der Waals surface area contributed by atoms with Crippen molar-refractivity contribution in [2.75, 3.05) is 70.7 Å². The number of amides is 3. The summed E-state index contributed by atoms with van der Waals surface area (Å²) in [5, 5.41) is 13.0. The van der Waals surface area contributed by atoms with Crippen LogP contribution >= 0.6 is 0 Å². The topological polar surface area (TPSA) is 137 Å². The Labute approximate surface area is 299 Å². The molecule has 2 aromatic rings. The van der Waals surface area contributed by atoms with Gasteiger partial charge in [0, 0.05) is 63.6 Å². The van der Waals surface area contributed by atoms with Crippen molar-refractivity contribution in [2.24, 2.45) is 5.92 Å². The molecule has 0 spiro atoms. The predicted octanol–water partition coefficient (Wildman–Crippen LogP) is 3.24. The number of nitrogens with zero attached hydrogens (tertiary/aromatic N) is 5. The smallest absolute Gasteiger partial charge is 0.407 e. The first kappa shape index (κ1) is 36.9. The standard InChI is InChI=1S/C37H51FN6O7/c1-23-16-41(31(18-43(23)37(47)48)17-42-24(2)20-50-21-25(42)3)19-33(45)44-26(4)22-51-36-32(44)14-29(13-27-5-7-30(38)8-6-27)34(40-36)35(46)39-15-28-9-11-49-12-10-28/h5-8,14,23-26,28,31H,9-13,15-22H2,1-4H3,(H,39,46)(H,47,48)/t23-,24-,25-,26+,31+/m1/s1. The van der Waals surface area contributed by atoms with E-state index in [1.165, 1.54) is 17.0 Å². The van der Waals surface area contributed by atoms with Gasteiger partial charge in [-0.25, -0.2) is 14.2 Å². The molecule has 4 aliphatic rings. The van der Waals surface area contributed by atoms with E-state index < -0.39 is 6.09 Å². The summed E-state index contributed by atoms with van der Waals surface area (Å²) in [5.41, 5.74) is 2.07.